The van der Waals surface area contributed by atoms with Crippen molar-refractivity contribution < 1.29 is 9.84 Å². The van der Waals surface area contributed by atoms with Crippen molar-refractivity contribution >= 4 is 0 Å². The van der Waals surface area contributed by atoms with Crippen molar-refractivity contribution in [3.8, 4) is 5.75 Å². The molecule has 4 heteroatoms. The van der Waals surface area contributed by atoms with Crippen LogP contribution in [0.3, 0.4) is 0 Å². The number of aromatic nitrogens is 2. The molecule has 112 valence electrons. The normalized spacial score (nSPS) is 12.1. The summed E-state index contributed by atoms with van der Waals surface area (Å²) in [5, 5.41) is 10.7. The molecule has 3 aromatic rings. The van der Waals surface area contributed by atoms with Crippen LogP contribution in [0.15, 0.2) is 67.0 Å². The lowest BCUT2D eigenvalue weighted by Gasteiger charge is -2.16. The van der Waals surface area contributed by atoms with E-state index in [1.165, 1.54) is 0 Å². The fraction of sp³-hybridized carbons (Fsp3) is 0.167. The summed E-state index contributed by atoms with van der Waals surface area (Å²) in [4.78, 5) is 4.32. The molecule has 0 aliphatic carbocycles. The number of ether oxygens (including phenoxy) is 1. The number of nitrogens with zero attached hydrogens (tertiary/aromatic N) is 2. The van der Waals surface area contributed by atoms with E-state index in [1.807, 2.05) is 53.2 Å². The summed E-state index contributed by atoms with van der Waals surface area (Å²) in [5.74, 6) is 1.26. The molecule has 0 aliphatic rings. The number of aliphatic hydroxyl groups excluding tert-OH is 1. The zero-order valence-electron chi connectivity index (χ0n) is 12.4. The Hall–Kier alpha value is -2.59. The minimum Gasteiger partial charge on any atom is -0.496 e. The minimum atomic E-state index is -0.824. The third-order valence-corrected chi connectivity index (χ3v) is 3.62. The summed E-state index contributed by atoms with van der Waals surface area (Å²) in [5.41, 5.74) is 1.87. The Kier molecular flexibility index (Phi) is 4.21. The topological polar surface area (TPSA) is 47.3 Å². The van der Waals surface area contributed by atoms with E-state index >= 15 is 0 Å². The predicted molar refractivity (Wildman–Crippen MR) is 84.8 cm³/mol. The van der Waals surface area contributed by atoms with E-state index in [4.69, 9.17) is 4.74 Å². The van der Waals surface area contributed by atoms with Crippen molar-refractivity contribution in [1.82, 2.24) is 9.55 Å². The van der Waals surface area contributed by atoms with Crippen LogP contribution in [0.2, 0.25) is 0 Å². The van der Waals surface area contributed by atoms with Crippen LogP contribution >= 0.6 is 0 Å². The van der Waals surface area contributed by atoms with Crippen molar-refractivity contribution in [2.45, 2.75) is 12.6 Å². The number of imidazole rings is 1. The van der Waals surface area contributed by atoms with Crippen molar-refractivity contribution in [2.75, 3.05) is 7.11 Å². The Morgan fingerprint density at radius 1 is 1.09 bits per heavy atom. The van der Waals surface area contributed by atoms with E-state index < -0.39 is 6.10 Å². The van der Waals surface area contributed by atoms with Crippen LogP contribution in [-0.2, 0) is 6.54 Å². The van der Waals surface area contributed by atoms with E-state index in [2.05, 4.69) is 17.1 Å². The number of hydrogen-bond donors (Lipinski definition) is 1. The molecular weight excluding hydrogens is 276 g/mol. The standard InChI is InChI=1S/C18H18N2O2/c1-22-16-10-6-5-9-15(16)17(21)18-19-11-12-20(18)13-14-7-3-2-4-8-14/h2-12,17,21H,13H2,1H3/t17-/m1/s1. The molecule has 0 amide bonds. The quantitative estimate of drug-likeness (QED) is 0.787. The van der Waals surface area contributed by atoms with Crippen LogP contribution in [0.25, 0.3) is 0 Å². The van der Waals surface area contributed by atoms with E-state index in [0.717, 1.165) is 5.56 Å². The van der Waals surface area contributed by atoms with E-state index in [0.29, 0.717) is 23.7 Å². The molecule has 0 saturated heterocycles. The first kappa shape index (κ1) is 14.4. The second-order valence-electron chi connectivity index (χ2n) is 5.04. The molecule has 1 atom stereocenters. The van der Waals surface area contributed by atoms with Crippen LogP contribution < -0.4 is 4.74 Å². The van der Waals surface area contributed by atoms with Gasteiger partial charge in [-0.1, -0.05) is 48.5 Å². The number of methoxy groups -OCH3 is 1. The highest BCUT2D eigenvalue weighted by Crippen LogP contribution is 2.29. The van der Waals surface area contributed by atoms with Gasteiger partial charge in [0.15, 0.2) is 0 Å². The molecule has 0 fully saturated rings. The van der Waals surface area contributed by atoms with Crippen LogP contribution in [0.1, 0.15) is 23.1 Å². The summed E-state index contributed by atoms with van der Waals surface area (Å²) in [6.07, 6.45) is 2.76. The van der Waals surface area contributed by atoms with Crippen LogP contribution in [0.5, 0.6) is 5.75 Å². The van der Waals surface area contributed by atoms with Gasteiger partial charge in [0, 0.05) is 24.5 Å². The molecular formula is C18H18N2O2. The lowest BCUT2D eigenvalue weighted by atomic mass is 10.1. The lowest BCUT2D eigenvalue weighted by molar-refractivity contribution is 0.200. The maximum atomic E-state index is 10.7. The number of hydrogen-bond acceptors (Lipinski definition) is 3. The Labute approximate surface area is 129 Å². The molecule has 0 bridgehead atoms. The number of rotatable bonds is 5. The van der Waals surface area contributed by atoms with Gasteiger partial charge in [-0.2, -0.15) is 0 Å². The van der Waals surface area contributed by atoms with Gasteiger partial charge in [0.2, 0.25) is 0 Å². The molecule has 0 saturated carbocycles. The van der Waals surface area contributed by atoms with Crippen molar-refractivity contribution in [3.05, 3.63) is 83.9 Å². The largest absolute Gasteiger partial charge is 0.496 e. The minimum absolute atomic E-state index is 0.605. The number of para-hydroxylation sites is 1. The molecule has 1 N–H and O–H groups in total. The Bertz CT molecular complexity index is 738. The van der Waals surface area contributed by atoms with Gasteiger partial charge in [-0.3, -0.25) is 0 Å². The van der Waals surface area contributed by atoms with Crippen molar-refractivity contribution in [2.24, 2.45) is 0 Å². The first-order valence-corrected chi connectivity index (χ1v) is 7.15. The molecule has 3 rings (SSSR count). The molecule has 0 radical (unpaired) electrons. The van der Waals surface area contributed by atoms with Gasteiger partial charge < -0.3 is 14.4 Å². The molecule has 22 heavy (non-hydrogen) atoms. The fourth-order valence-electron chi connectivity index (χ4n) is 2.51. The maximum absolute atomic E-state index is 10.7. The van der Waals surface area contributed by atoms with Crippen LogP contribution in [0, 0.1) is 0 Å². The zero-order valence-corrected chi connectivity index (χ0v) is 12.4. The van der Waals surface area contributed by atoms with Crippen LogP contribution in [0.4, 0.5) is 0 Å². The highest BCUT2D eigenvalue weighted by Gasteiger charge is 2.19. The Morgan fingerprint density at radius 2 is 1.82 bits per heavy atom. The monoisotopic (exact) mass is 294 g/mol. The summed E-state index contributed by atoms with van der Waals surface area (Å²) in [6, 6.07) is 17.6. The smallest absolute Gasteiger partial charge is 0.142 e. The third-order valence-electron chi connectivity index (χ3n) is 3.62. The SMILES string of the molecule is COc1ccccc1[C@@H](O)c1nccn1Cc1ccccc1. The molecule has 0 unspecified atom stereocenters. The van der Waals surface area contributed by atoms with Crippen molar-refractivity contribution in [3.63, 3.8) is 0 Å². The maximum Gasteiger partial charge on any atom is 0.142 e. The van der Waals surface area contributed by atoms with Gasteiger partial charge >= 0.3 is 0 Å². The molecule has 4 nitrogen and oxygen atoms in total. The Morgan fingerprint density at radius 3 is 2.59 bits per heavy atom. The Balaban J connectivity index is 1.91. The van der Waals surface area contributed by atoms with Gasteiger partial charge in [-0.05, 0) is 11.6 Å². The number of aliphatic hydroxyl groups is 1. The van der Waals surface area contributed by atoms with Gasteiger partial charge in [0.1, 0.15) is 17.7 Å². The third kappa shape index (κ3) is 2.87. The first-order chi connectivity index (χ1) is 10.8. The summed E-state index contributed by atoms with van der Waals surface area (Å²) in [7, 11) is 1.60. The number of benzene rings is 2. The molecule has 0 spiro atoms. The summed E-state index contributed by atoms with van der Waals surface area (Å²) < 4.78 is 7.28. The zero-order chi connectivity index (χ0) is 15.4. The lowest BCUT2D eigenvalue weighted by Crippen LogP contribution is -2.11. The van der Waals surface area contributed by atoms with Gasteiger partial charge in [0.05, 0.1) is 7.11 Å². The van der Waals surface area contributed by atoms with E-state index in [-0.39, 0.29) is 0 Å². The molecule has 1 heterocycles. The second-order valence-corrected chi connectivity index (χ2v) is 5.04. The van der Waals surface area contributed by atoms with Gasteiger partial charge in [-0.25, -0.2) is 4.98 Å². The molecule has 1 aromatic heterocycles. The van der Waals surface area contributed by atoms with Crippen LogP contribution in [-0.4, -0.2) is 21.8 Å². The second kappa shape index (κ2) is 6.45. The van der Waals surface area contributed by atoms with Gasteiger partial charge in [-0.15, -0.1) is 0 Å². The predicted octanol–water partition coefficient (Wildman–Crippen LogP) is 3.02. The molecule has 2 aromatic carbocycles. The summed E-state index contributed by atoms with van der Waals surface area (Å²) >= 11 is 0. The average Bonchev–Trinajstić information content (AvgIpc) is 3.03. The average molecular weight is 294 g/mol. The van der Waals surface area contributed by atoms with E-state index in [1.54, 1.807) is 13.3 Å². The van der Waals surface area contributed by atoms with Crippen molar-refractivity contribution in [1.29, 1.82) is 0 Å². The van der Waals surface area contributed by atoms with Gasteiger partial charge in [0.25, 0.3) is 0 Å². The first-order valence-electron chi connectivity index (χ1n) is 7.15. The fourth-order valence-corrected chi connectivity index (χ4v) is 2.51. The van der Waals surface area contributed by atoms with E-state index in [9.17, 15) is 5.11 Å². The summed E-state index contributed by atoms with van der Waals surface area (Å²) in [6.45, 7) is 0.669. The highest BCUT2D eigenvalue weighted by molar-refractivity contribution is 5.37. The highest BCUT2D eigenvalue weighted by atomic mass is 16.5. The molecule has 0 aliphatic heterocycles.